The maximum Gasteiger partial charge on any atom is 0.267 e. The molecule has 5 nitrogen and oxygen atoms in total. The average molecular weight is 327 g/mol. The first-order valence-corrected chi connectivity index (χ1v) is 7.77. The van der Waals surface area contributed by atoms with Gasteiger partial charge in [0.05, 0.1) is 6.33 Å². The third-order valence-electron chi connectivity index (χ3n) is 4.23. The van der Waals surface area contributed by atoms with Gasteiger partial charge in [-0.2, -0.15) is 0 Å². The number of halogens is 1. The van der Waals surface area contributed by atoms with Gasteiger partial charge in [-0.3, -0.25) is 9.69 Å². The minimum absolute atomic E-state index is 0.108. The van der Waals surface area contributed by atoms with Gasteiger partial charge in [-0.1, -0.05) is 12.8 Å². The summed E-state index contributed by atoms with van der Waals surface area (Å²) in [5.41, 5.74) is -0.108. The minimum Gasteiger partial charge on any atom is -0.353 e. The van der Waals surface area contributed by atoms with Crippen LogP contribution in [0, 0.1) is 0 Å². The van der Waals surface area contributed by atoms with Gasteiger partial charge in [-0.25, -0.2) is 4.98 Å². The van der Waals surface area contributed by atoms with E-state index in [1.807, 2.05) is 0 Å². The van der Waals surface area contributed by atoms with Crippen LogP contribution >= 0.6 is 15.9 Å². The molecule has 2 aliphatic rings. The summed E-state index contributed by atoms with van der Waals surface area (Å²) < 4.78 is 0.546. The smallest absolute Gasteiger partial charge is 0.267 e. The molecule has 1 aromatic rings. The van der Waals surface area contributed by atoms with Crippen molar-refractivity contribution in [2.45, 2.75) is 31.7 Å². The number of hydrogen-bond donors (Lipinski definition) is 1. The molecule has 1 aromatic heterocycles. The molecule has 3 rings (SSSR count). The fourth-order valence-corrected chi connectivity index (χ4v) is 3.63. The predicted octanol–water partition coefficient (Wildman–Crippen LogP) is 1.60. The van der Waals surface area contributed by atoms with Crippen molar-refractivity contribution in [3.05, 3.63) is 21.2 Å². The number of aromatic nitrogens is 2. The summed E-state index contributed by atoms with van der Waals surface area (Å²) in [5.74, 6) is 0.773. The Morgan fingerprint density at radius 3 is 2.58 bits per heavy atom. The highest BCUT2D eigenvalue weighted by Gasteiger charge is 2.27. The first kappa shape index (κ1) is 13.1. The first-order valence-electron chi connectivity index (χ1n) is 6.98. The average Bonchev–Trinajstić information content (AvgIpc) is 2.96. The second kappa shape index (κ2) is 5.63. The van der Waals surface area contributed by atoms with Crippen LogP contribution in [-0.2, 0) is 0 Å². The van der Waals surface area contributed by atoms with E-state index in [1.165, 1.54) is 32.0 Å². The van der Waals surface area contributed by atoms with E-state index in [1.54, 1.807) is 0 Å². The summed E-state index contributed by atoms with van der Waals surface area (Å²) in [6.45, 7) is 4.05. The van der Waals surface area contributed by atoms with Gasteiger partial charge in [0.1, 0.15) is 10.3 Å². The highest BCUT2D eigenvalue weighted by Crippen LogP contribution is 2.26. The molecule has 1 N–H and O–H groups in total. The van der Waals surface area contributed by atoms with Crippen molar-refractivity contribution < 1.29 is 0 Å². The summed E-state index contributed by atoms with van der Waals surface area (Å²) in [6, 6.07) is 0.790. The SMILES string of the molecule is O=c1[nH]cnc(N2CCN(C3CCCC3)CC2)c1Br. The Hall–Kier alpha value is -0.880. The summed E-state index contributed by atoms with van der Waals surface area (Å²) in [4.78, 5) is 23.2. The van der Waals surface area contributed by atoms with Crippen LogP contribution in [0.2, 0.25) is 0 Å². The number of nitrogens with zero attached hydrogens (tertiary/aromatic N) is 3. The lowest BCUT2D eigenvalue weighted by Gasteiger charge is -2.38. The fourth-order valence-electron chi connectivity index (χ4n) is 3.16. The van der Waals surface area contributed by atoms with Gasteiger partial charge < -0.3 is 9.88 Å². The van der Waals surface area contributed by atoms with Crippen LogP contribution in [0.5, 0.6) is 0 Å². The van der Waals surface area contributed by atoms with E-state index in [-0.39, 0.29) is 5.56 Å². The lowest BCUT2D eigenvalue weighted by molar-refractivity contribution is 0.187. The summed E-state index contributed by atoms with van der Waals surface area (Å²) in [5, 5.41) is 0. The van der Waals surface area contributed by atoms with Crippen LogP contribution < -0.4 is 10.5 Å². The molecule has 1 saturated heterocycles. The van der Waals surface area contributed by atoms with Crippen molar-refractivity contribution in [3.8, 4) is 0 Å². The Labute approximate surface area is 121 Å². The Balaban J connectivity index is 1.66. The Kier molecular flexibility index (Phi) is 3.88. The van der Waals surface area contributed by atoms with Gasteiger partial charge in [0.15, 0.2) is 0 Å². The van der Waals surface area contributed by atoms with Crippen LogP contribution in [0.15, 0.2) is 15.6 Å². The molecule has 1 aliphatic heterocycles. The van der Waals surface area contributed by atoms with Crippen LogP contribution in [0.1, 0.15) is 25.7 Å². The van der Waals surface area contributed by atoms with Crippen molar-refractivity contribution in [2.24, 2.45) is 0 Å². The van der Waals surface area contributed by atoms with E-state index in [2.05, 4.69) is 35.7 Å². The fraction of sp³-hybridized carbons (Fsp3) is 0.692. The van der Waals surface area contributed by atoms with E-state index in [9.17, 15) is 4.79 Å². The van der Waals surface area contributed by atoms with Gasteiger partial charge in [-0.15, -0.1) is 0 Å². The number of aromatic amines is 1. The minimum atomic E-state index is -0.108. The van der Waals surface area contributed by atoms with E-state index in [4.69, 9.17) is 0 Å². The molecule has 1 aliphatic carbocycles. The normalized spacial score (nSPS) is 22.1. The molecule has 0 spiro atoms. The van der Waals surface area contributed by atoms with Crippen LogP contribution in [0.3, 0.4) is 0 Å². The highest BCUT2D eigenvalue weighted by atomic mass is 79.9. The van der Waals surface area contributed by atoms with Gasteiger partial charge in [0, 0.05) is 32.2 Å². The largest absolute Gasteiger partial charge is 0.353 e. The van der Waals surface area contributed by atoms with E-state index < -0.39 is 0 Å². The summed E-state index contributed by atoms with van der Waals surface area (Å²) >= 11 is 3.34. The number of piperazine rings is 1. The molecule has 0 bridgehead atoms. The number of nitrogens with one attached hydrogen (secondary N) is 1. The van der Waals surface area contributed by atoms with E-state index in [0.29, 0.717) is 4.47 Å². The molecule has 1 saturated carbocycles. The Morgan fingerprint density at radius 2 is 1.89 bits per heavy atom. The zero-order chi connectivity index (χ0) is 13.2. The molecule has 19 heavy (non-hydrogen) atoms. The third kappa shape index (κ3) is 2.69. The predicted molar refractivity (Wildman–Crippen MR) is 78.6 cm³/mol. The Bertz CT molecular complexity index is 490. The molecule has 0 unspecified atom stereocenters. The number of anilines is 1. The summed E-state index contributed by atoms with van der Waals surface area (Å²) in [7, 11) is 0. The van der Waals surface area contributed by atoms with Crippen molar-refractivity contribution in [1.82, 2.24) is 14.9 Å². The number of rotatable bonds is 2. The van der Waals surface area contributed by atoms with Gasteiger partial charge in [0.25, 0.3) is 5.56 Å². The lowest BCUT2D eigenvalue weighted by Crippen LogP contribution is -2.50. The van der Waals surface area contributed by atoms with Crippen molar-refractivity contribution in [1.29, 1.82) is 0 Å². The second-order valence-corrected chi connectivity index (χ2v) is 6.12. The molecule has 0 aromatic carbocycles. The van der Waals surface area contributed by atoms with Gasteiger partial charge in [-0.05, 0) is 28.8 Å². The van der Waals surface area contributed by atoms with Crippen molar-refractivity contribution in [2.75, 3.05) is 31.1 Å². The van der Waals surface area contributed by atoms with Crippen molar-refractivity contribution >= 4 is 21.7 Å². The number of hydrogen-bond acceptors (Lipinski definition) is 4. The molecular formula is C13H19BrN4O. The second-order valence-electron chi connectivity index (χ2n) is 5.33. The highest BCUT2D eigenvalue weighted by molar-refractivity contribution is 9.10. The molecule has 6 heteroatoms. The molecule has 0 amide bonds. The maximum absolute atomic E-state index is 11.6. The quantitative estimate of drug-likeness (QED) is 0.896. The molecule has 104 valence electrons. The van der Waals surface area contributed by atoms with E-state index in [0.717, 1.165) is 38.0 Å². The van der Waals surface area contributed by atoms with Crippen LogP contribution in [0.4, 0.5) is 5.82 Å². The standard InChI is InChI=1S/C13H19BrN4O/c14-11-12(15-9-16-13(11)19)18-7-5-17(6-8-18)10-3-1-2-4-10/h9-10H,1-8H2,(H,15,16,19). The zero-order valence-electron chi connectivity index (χ0n) is 10.9. The van der Waals surface area contributed by atoms with Crippen LogP contribution in [-0.4, -0.2) is 47.1 Å². The lowest BCUT2D eigenvalue weighted by atomic mass is 10.2. The van der Waals surface area contributed by atoms with Crippen molar-refractivity contribution in [3.63, 3.8) is 0 Å². The van der Waals surface area contributed by atoms with Gasteiger partial charge in [0.2, 0.25) is 0 Å². The molecule has 2 heterocycles. The summed E-state index contributed by atoms with van der Waals surface area (Å²) in [6.07, 6.45) is 6.95. The van der Waals surface area contributed by atoms with E-state index >= 15 is 0 Å². The molecule has 2 fully saturated rings. The molecule has 0 radical (unpaired) electrons. The third-order valence-corrected chi connectivity index (χ3v) is 4.95. The maximum atomic E-state index is 11.6. The molecular weight excluding hydrogens is 308 g/mol. The monoisotopic (exact) mass is 326 g/mol. The first-order chi connectivity index (χ1) is 9.25. The molecule has 0 atom stereocenters. The Morgan fingerprint density at radius 1 is 1.21 bits per heavy atom. The van der Waals surface area contributed by atoms with Crippen LogP contribution in [0.25, 0.3) is 0 Å². The topological polar surface area (TPSA) is 52.2 Å². The number of H-pyrrole nitrogens is 1. The zero-order valence-corrected chi connectivity index (χ0v) is 12.5. The van der Waals surface area contributed by atoms with Gasteiger partial charge >= 0.3 is 0 Å².